The fraction of sp³-hybridized carbons (Fsp3) is 0.400. The lowest BCUT2D eigenvalue weighted by molar-refractivity contribution is 0.0988. The van der Waals surface area contributed by atoms with E-state index in [1.807, 2.05) is 38.6 Å². The number of hydrogen-bond acceptors (Lipinski definition) is 8. The smallest absolute Gasteiger partial charge is 0.322 e. The number of pyridine rings is 1. The maximum absolute atomic E-state index is 13.0. The number of anilines is 2. The monoisotopic (exact) mass is 512 g/mol. The molecule has 3 N–H and O–H groups in total. The Morgan fingerprint density at radius 3 is 2.60 bits per heavy atom. The van der Waals surface area contributed by atoms with Crippen LogP contribution in [0, 0.1) is 0 Å². The molecule has 0 bridgehead atoms. The van der Waals surface area contributed by atoms with Crippen molar-refractivity contribution in [3.05, 3.63) is 62.7 Å². The zero-order chi connectivity index (χ0) is 24.6. The number of thiophene rings is 2. The van der Waals surface area contributed by atoms with Gasteiger partial charge in [-0.3, -0.25) is 9.78 Å². The van der Waals surface area contributed by atoms with Crippen molar-refractivity contribution in [1.29, 1.82) is 0 Å². The molecule has 0 unspecified atom stereocenters. The Morgan fingerprint density at radius 1 is 1.11 bits per heavy atom. The number of likely N-dealkylation sites (N-methyl/N-ethyl adjacent to an activating group) is 1. The third-order valence-corrected chi connectivity index (χ3v) is 7.66. The molecule has 1 aliphatic heterocycles. The van der Waals surface area contributed by atoms with Crippen molar-refractivity contribution >= 4 is 45.9 Å². The first kappa shape index (κ1) is 25.3. The van der Waals surface area contributed by atoms with Crippen LogP contribution in [0.15, 0.2) is 45.9 Å². The number of urea groups is 1. The summed E-state index contributed by atoms with van der Waals surface area (Å²) >= 11 is 3.03. The largest absolute Gasteiger partial charge is 0.398 e. The van der Waals surface area contributed by atoms with Crippen molar-refractivity contribution in [2.24, 2.45) is 0 Å². The summed E-state index contributed by atoms with van der Waals surface area (Å²) in [5.74, 6) is -0.0686. The molecule has 1 saturated heterocycles. The van der Waals surface area contributed by atoms with E-state index in [9.17, 15) is 9.59 Å². The van der Waals surface area contributed by atoms with Crippen molar-refractivity contribution in [1.82, 2.24) is 19.7 Å². The molecule has 4 heterocycles. The molecule has 4 rings (SSSR count). The van der Waals surface area contributed by atoms with Crippen LogP contribution in [0.4, 0.5) is 16.2 Å². The molecule has 0 aliphatic carbocycles. The molecule has 0 atom stereocenters. The van der Waals surface area contributed by atoms with Crippen molar-refractivity contribution in [3.8, 4) is 0 Å². The highest BCUT2D eigenvalue weighted by molar-refractivity contribution is 7.08. The van der Waals surface area contributed by atoms with Crippen molar-refractivity contribution in [3.63, 3.8) is 0 Å². The van der Waals surface area contributed by atoms with Gasteiger partial charge >= 0.3 is 6.03 Å². The number of Topliss-reactive ketones (excluding diaryl/α,β-unsaturated/α-hetero) is 1. The van der Waals surface area contributed by atoms with Gasteiger partial charge in [0.05, 0.1) is 5.69 Å². The zero-order valence-electron chi connectivity index (χ0n) is 20.0. The summed E-state index contributed by atoms with van der Waals surface area (Å²) in [4.78, 5) is 36.6. The molecular formula is C25H32N6O2S2. The van der Waals surface area contributed by atoms with Crippen LogP contribution in [-0.4, -0.2) is 77.8 Å². The highest BCUT2D eigenvalue weighted by atomic mass is 32.1. The number of nitrogens with one attached hydrogen (secondary N) is 1. The summed E-state index contributed by atoms with van der Waals surface area (Å²) in [5.41, 5.74) is 9.48. The van der Waals surface area contributed by atoms with Crippen LogP contribution in [0.3, 0.4) is 0 Å². The minimum Gasteiger partial charge on any atom is -0.398 e. The minimum atomic E-state index is -0.130. The standard InChI is InChI=1S/C25H32N6O2S2/c1-29-8-10-30(11-9-29)6-2-7-31(25(33)28-21-5-12-34-17-21)15-19-3-4-23(27-14-19)24(32)13-20-16-35-18-22(20)26/h3-5,12,14,16-18H,2,6-11,13,15,26H2,1H3,(H,28,33). The fourth-order valence-corrected chi connectivity index (χ4v) is 5.33. The number of piperazine rings is 1. The Hall–Kier alpha value is -2.79. The van der Waals surface area contributed by atoms with Gasteiger partial charge in [0.1, 0.15) is 5.69 Å². The van der Waals surface area contributed by atoms with Crippen molar-refractivity contribution in [2.45, 2.75) is 19.4 Å². The number of rotatable bonds is 10. The lowest BCUT2D eigenvalue weighted by Crippen LogP contribution is -2.45. The van der Waals surface area contributed by atoms with Crippen molar-refractivity contribution < 1.29 is 9.59 Å². The molecule has 8 nitrogen and oxygen atoms in total. The Kier molecular flexibility index (Phi) is 8.86. The molecule has 186 valence electrons. The predicted molar refractivity (Wildman–Crippen MR) is 143 cm³/mol. The van der Waals surface area contributed by atoms with Gasteiger partial charge in [0, 0.05) is 68.3 Å². The highest BCUT2D eigenvalue weighted by Gasteiger charge is 2.18. The van der Waals surface area contributed by atoms with Crippen LogP contribution in [0.2, 0.25) is 0 Å². The Morgan fingerprint density at radius 2 is 1.94 bits per heavy atom. The molecule has 0 saturated carbocycles. The maximum atomic E-state index is 13.0. The second-order valence-electron chi connectivity index (χ2n) is 8.87. The number of amides is 2. The number of hydrogen-bond donors (Lipinski definition) is 2. The van der Waals surface area contributed by atoms with E-state index in [1.165, 1.54) is 11.3 Å². The number of nitrogens with two attached hydrogens (primary N) is 1. The van der Waals surface area contributed by atoms with E-state index in [0.717, 1.165) is 56.0 Å². The summed E-state index contributed by atoms with van der Waals surface area (Å²) in [7, 11) is 2.15. The lowest BCUT2D eigenvalue weighted by atomic mass is 10.1. The zero-order valence-corrected chi connectivity index (χ0v) is 21.6. The molecule has 35 heavy (non-hydrogen) atoms. The Balaban J connectivity index is 1.36. The van der Waals surface area contributed by atoms with Gasteiger partial charge in [-0.25, -0.2) is 4.79 Å². The SMILES string of the molecule is CN1CCN(CCCN(Cc2ccc(C(=O)Cc3cscc3N)nc2)C(=O)Nc2ccsc2)CC1. The number of carbonyl (C=O) groups excluding carboxylic acids is 2. The second-order valence-corrected chi connectivity index (χ2v) is 10.4. The first-order valence-electron chi connectivity index (χ1n) is 11.8. The summed E-state index contributed by atoms with van der Waals surface area (Å²) < 4.78 is 0. The van der Waals surface area contributed by atoms with Crippen LogP contribution in [0.1, 0.15) is 28.0 Å². The van der Waals surface area contributed by atoms with Crippen LogP contribution < -0.4 is 11.1 Å². The van der Waals surface area contributed by atoms with Gasteiger partial charge in [0.25, 0.3) is 0 Å². The van der Waals surface area contributed by atoms with Crippen LogP contribution in [-0.2, 0) is 13.0 Å². The summed E-state index contributed by atoms with van der Waals surface area (Å²) in [6, 6.07) is 5.38. The molecule has 10 heteroatoms. The first-order chi connectivity index (χ1) is 17.0. The molecule has 3 aromatic rings. The van der Waals surface area contributed by atoms with E-state index in [-0.39, 0.29) is 18.2 Å². The third kappa shape index (κ3) is 7.35. The van der Waals surface area contributed by atoms with Gasteiger partial charge in [-0.05, 0) is 54.0 Å². The van der Waals surface area contributed by atoms with Crippen molar-refractivity contribution in [2.75, 3.05) is 57.4 Å². The first-order valence-corrected chi connectivity index (χ1v) is 13.6. The lowest BCUT2D eigenvalue weighted by Gasteiger charge is -2.33. The molecule has 0 spiro atoms. The number of carbonyl (C=O) groups is 2. The predicted octanol–water partition coefficient (Wildman–Crippen LogP) is 3.88. The van der Waals surface area contributed by atoms with Gasteiger partial charge in [0.2, 0.25) is 0 Å². The topological polar surface area (TPSA) is 94.8 Å². The molecule has 0 radical (unpaired) electrons. The second kappa shape index (κ2) is 12.3. The van der Waals surface area contributed by atoms with Crippen LogP contribution >= 0.6 is 22.7 Å². The molecule has 1 aliphatic rings. The van der Waals surface area contributed by atoms with E-state index in [4.69, 9.17) is 5.73 Å². The van der Waals surface area contributed by atoms with Gasteiger partial charge in [-0.2, -0.15) is 11.3 Å². The van der Waals surface area contributed by atoms with Crippen LogP contribution in [0.25, 0.3) is 0 Å². The average molecular weight is 513 g/mol. The Bertz CT molecular complexity index is 1090. The van der Waals surface area contributed by atoms with E-state index < -0.39 is 0 Å². The van der Waals surface area contributed by atoms with Gasteiger partial charge in [0.15, 0.2) is 5.78 Å². The molecule has 0 aromatic carbocycles. The van der Waals surface area contributed by atoms with E-state index in [0.29, 0.717) is 24.5 Å². The maximum Gasteiger partial charge on any atom is 0.322 e. The molecule has 1 fully saturated rings. The summed E-state index contributed by atoms with van der Waals surface area (Å²) in [6.07, 6.45) is 2.82. The van der Waals surface area contributed by atoms with Gasteiger partial charge < -0.3 is 25.8 Å². The fourth-order valence-electron chi connectivity index (χ4n) is 3.99. The highest BCUT2D eigenvalue weighted by Crippen LogP contribution is 2.19. The van der Waals surface area contributed by atoms with Gasteiger partial charge in [-0.15, -0.1) is 11.3 Å². The molecule has 2 amide bonds. The Labute approximate surface area is 214 Å². The summed E-state index contributed by atoms with van der Waals surface area (Å²) in [5, 5.41) is 10.6. The van der Waals surface area contributed by atoms with E-state index in [1.54, 1.807) is 23.6 Å². The van der Waals surface area contributed by atoms with E-state index in [2.05, 4.69) is 27.1 Å². The van der Waals surface area contributed by atoms with E-state index >= 15 is 0 Å². The third-order valence-electron chi connectivity index (χ3n) is 6.17. The summed E-state index contributed by atoms with van der Waals surface area (Å²) in [6.45, 7) is 6.32. The number of nitrogen functional groups attached to an aromatic ring is 1. The quantitative estimate of drug-likeness (QED) is 0.400. The normalized spacial score (nSPS) is 14.7. The number of nitrogens with zero attached hydrogens (tertiary/aromatic N) is 4. The van der Waals surface area contributed by atoms with Crippen LogP contribution in [0.5, 0.6) is 0 Å². The van der Waals surface area contributed by atoms with Gasteiger partial charge in [-0.1, -0.05) is 6.07 Å². The number of ketones is 1. The molecular weight excluding hydrogens is 480 g/mol. The number of aromatic nitrogens is 1. The molecule has 3 aromatic heterocycles. The average Bonchev–Trinajstić information content (AvgIpc) is 3.52. The minimum absolute atomic E-state index is 0.0686.